The number of hydrogen-bond acceptors (Lipinski definition) is 0. The van der Waals surface area contributed by atoms with Crippen molar-refractivity contribution in [2.45, 2.75) is 75.5 Å². The summed E-state index contributed by atoms with van der Waals surface area (Å²) in [5.41, 5.74) is 3.30. The first-order valence-corrected chi connectivity index (χ1v) is 10.0. The van der Waals surface area contributed by atoms with Gasteiger partial charge in [0.05, 0.1) is 0 Å². The van der Waals surface area contributed by atoms with E-state index in [0.717, 1.165) is 11.3 Å². The Labute approximate surface area is 126 Å². The van der Waals surface area contributed by atoms with Gasteiger partial charge in [-0.15, -0.1) is 0 Å². The molecule has 2 aliphatic rings. The summed E-state index contributed by atoms with van der Waals surface area (Å²) in [6, 6.07) is 11.0. The topological polar surface area (TPSA) is 0 Å². The van der Waals surface area contributed by atoms with Crippen LogP contribution in [0.3, 0.4) is 0 Å². The van der Waals surface area contributed by atoms with E-state index in [2.05, 4.69) is 36.5 Å². The van der Waals surface area contributed by atoms with Crippen LogP contribution >= 0.6 is 7.92 Å². The maximum atomic E-state index is 3.98. The van der Waals surface area contributed by atoms with E-state index in [0.29, 0.717) is 0 Å². The zero-order valence-corrected chi connectivity index (χ0v) is 13.5. The normalized spacial score (nSPS) is 22.2. The SMILES string of the molecule is [C](c1ccccc1)P(C1CCCCC1)C1CCCCC1. The molecule has 0 spiro atoms. The van der Waals surface area contributed by atoms with Gasteiger partial charge in [-0.2, -0.15) is 0 Å². The van der Waals surface area contributed by atoms with E-state index in [-0.39, 0.29) is 7.92 Å². The van der Waals surface area contributed by atoms with Gasteiger partial charge in [0, 0.05) is 6.16 Å². The van der Waals surface area contributed by atoms with Crippen LogP contribution in [0.25, 0.3) is 0 Å². The fourth-order valence-corrected chi connectivity index (χ4v) is 7.11. The van der Waals surface area contributed by atoms with Crippen LogP contribution in [0, 0.1) is 6.16 Å². The molecule has 20 heavy (non-hydrogen) atoms. The average Bonchev–Trinajstić information content (AvgIpc) is 2.55. The van der Waals surface area contributed by atoms with Crippen molar-refractivity contribution in [3.05, 3.63) is 42.1 Å². The maximum Gasteiger partial charge on any atom is 0.0455 e. The predicted molar refractivity (Wildman–Crippen MR) is 89.5 cm³/mol. The van der Waals surface area contributed by atoms with Crippen LogP contribution < -0.4 is 0 Å². The van der Waals surface area contributed by atoms with E-state index in [1.165, 1.54) is 69.8 Å². The van der Waals surface area contributed by atoms with Crippen LogP contribution in [0.4, 0.5) is 0 Å². The van der Waals surface area contributed by atoms with Gasteiger partial charge in [-0.25, -0.2) is 0 Å². The second-order valence-electron chi connectivity index (χ2n) is 6.47. The summed E-state index contributed by atoms with van der Waals surface area (Å²) in [6.45, 7) is 0. The Kier molecular flexibility index (Phi) is 5.54. The molecule has 0 bridgehead atoms. The number of rotatable bonds is 4. The van der Waals surface area contributed by atoms with Gasteiger partial charge >= 0.3 is 0 Å². The molecular weight excluding hydrogens is 259 g/mol. The third kappa shape index (κ3) is 3.85. The minimum absolute atomic E-state index is 0.0233. The van der Waals surface area contributed by atoms with E-state index < -0.39 is 0 Å². The Morgan fingerprint density at radius 2 is 1.20 bits per heavy atom. The molecule has 0 N–H and O–H groups in total. The van der Waals surface area contributed by atoms with E-state index in [1.54, 1.807) is 0 Å². The van der Waals surface area contributed by atoms with Gasteiger partial charge in [0.25, 0.3) is 0 Å². The van der Waals surface area contributed by atoms with Gasteiger partial charge in [0.15, 0.2) is 0 Å². The molecule has 3 rings (SSSR count). The van der Waals surface area contributed by atoms with Crippen molar-refractivity contribution in [1.82, 2.24) is 0 Å². The monoisotopic (exact) mass is 286 g/mol. The van der Waals surface area contributed by atoms with Crippen LogP contribution in [0.15, 0.2) is 30.3 Å². The van der Waals surface area contributed by atoms with Crippen molar-refractivity contribution in [2.75, 3.05) is 0 Å². The van der Waals surface area contributed by atoms with Crippen LogP contribution in [-0.2, 0) is 0 Å². The standard InChI is InChI=1S/C19H27P/c1-4-10-17(11-5-1)16-20(18-12-6-2-7-13-18)19-14-8-3-9-15-19/h1,4-5,10-11,18-19H,2-3,6-9,12-15H2. The Morgan fingerprint density at radius 1 is 0.700 bits per heavy atom. The van der Waals surface area contributed by atoms with Crippen molar-refractivity contribution in [1.29, 1.82) is 0 Å². The van der Waals surface area contributed by atoms with Crippen molar-refractivity contribution in [3.63, 3.8) is 0 Å². The summed E-state index contributed by atoms with van der Waals surface area (Å²) in [4.78, 5) is 0. The first-order chi connectivity index (χ1) is 9.93. The molecule has 1 aromatic rings. The molecule has 0 aromatic heterocycles. The summed E-state index contributed by atoms with van der Waals surface area (Å²) in [5.74, 6) is 0. The third-order valence-electron chi connectivity index (χ3n) is 4.97. The van der Waals surface area contributed by atoms with Gasteiger partial charge in [-0.1, -0.05) is 76.8 Å². The molecule has 0 unspecified atom stereocenters. The highest BCUT2D eigenvalue weighted by molar-refractivity contribution is 7.61. The second-order valence-corrected chi connectivity index (χ2v) is 8.97. The lowest BCUT2D eigenvalue weighted by Crippen LogP contribution is -2.20. The van der Waals surface area contributed by atoms with Crippen LogP contribution in [0.2, 0.25) is 0 Å². The summed E-state index contributed by atoms with van der Waals surface area (Å²) in [5, 5.41) is 0. The molecular formula is C19H27P. The zero-order valence-electron chi connectivity index (χ0n) is 12.6. The molecule has 0 saturated heterocycles. The van der Waals surface area contributed by atoms with Crippen molar-refractivity contribution >= 4 is 7.92 Å². The summed E-state index contributed by atoms with van der Waals surface area (Å²) in [6.07, 6.45) is 18.7. The molecule has 108 valence electrons. The Bertz CT molecular complexity index is 356. The van der Waals surface area contributed by atoms with Gasteiger partial charge in [-0.3, -0.25) is 0 Å². The van der Waals surface area contributed by atoms with E-state index in [1.807, 2.05) is 0 Å². The average molecular weight is 286 g/mol. The predicted octanol–water partition coefficient (Wildman–Crippen LogP) is 6.22. The summed E-state index contributed by atoms with van der Waals surface area (Å²) in [7, 11) is -0.0233. The smallest absolute Gasteiger partial charge is 0.0455 e. The summed E-state index contributed by atoms with van der Waals surface area (Å²) >= 11 is 0. The first kappa shape index (κ1) is 14.6. The molecule has 1 aromatic carbocycles. The molecule has 0 atom stereocenters. The van der Waals surface area contributed by atoms with Crippen molar-refractivity contribution in [3.8, 4) is 0 Å². The van der Waals surface area contributed by atoms with Gasteiger partial charge in [-0.05, 0) is 42.6 Å². The summed E-state index contributed by atoms with van der Waals surface area (Å²) < 4.78 is 0. The van der Waals surface area contributed by atoms with Gasteiger partial charge in [0.2, 0.25) is 0 Å². The Morgan fingerprint density at radius 3 is 1.70 bits per heavy atom. The van der Waals surface area contributed by atoms with Crippen molar-refractivity contribution < 1.29 is 0 Å². The molecule has 2 radical (unpaired) electrons. The second kappa shape index (κ2) is 7.60. The highest BCUT2D eigenvalue weighted by atomic mass is 31.1. The minimum Gasteiger partial charge on any atom is -0.0867 e. The molecule has 0 heterocycles. The fourth-order valence-electron chi connectivity index (χ4n) is 3.86. The Hall–Kier alpha value is -0.350. The number of benzene rings is 1. The lowest BCUT2D eigenvalue weighted by molar-refractivity contribution is 0.486. The molecule has 2 saturated carbocycles. The van der Waals surface area contributed by atoms with Crippen molar-refractivity contribution in [2.24, 2.45) is 0 Å². The first-order valence-electron chi connectivity index (χ1n) is 8.53. The zero-order chi connectivity index (χ0) is 13.6. The van der Waals surface area contributed by atoms with E-state index in [4.69, 9.17) is 0 Å². The molecule has 2 fully saturated rings. The van der Waals surface area contributed by atoms with Crippen LogP contribution in [-0.4, -0.2) is 11.3 Å². The number of hydrogen-bond donors (Lipinski definition) is 0. The molecule has 1 heteroatoms. The Balaban J connectivity index is 1.71. The maximum absolute atomic E-state index is 3.98. The fraction of sp³-hybridized carbons (Fsp3) is 0.632. The van der Waals surface area contributed by atoms with Crippen LogP contribution in [0.5, 0.6) is 0 Å². The van der Waals surface area contributed by atoms with Gasteiger partial charge < -0.3 is 0 Å². The van der Waals surface area contributed by atoms with E-state index in [9.17, 15) is 0 Å². The van der Waals surface area contributed by atoms with E-state index >= 15 is 0 Å². The molecule has 0 nitrogen and oxygen atoms in total. The lowest BCUT2D eigenvalue weighted by atomic mass is 9.99. The molecule has 0 amide bonds. The van der Waals surface area contributed by atoms with Crippen LogP contribution in [0.1, 0.15) is 69.8 Å². The highest BCUT2D eigenvalue weighted by Crippen LogP contribution is 2.58. The minimum atomic E-state index is -0.0233. The quantitative estimate of drug-likeness (QED) is 0.576. The molecule has 0 aliphatic heterocycles. The lowest BCUT2D eigenvalue weighted by Gasteiger charge is -2.38. The largest absolute Gasteiger partial charge is 0.0867 e. The molecule has 2 aliphatic carbocycles. The van der Waals surface area contributed by atoms with Gasteiger partial charge in [0.1, 0.15) is 0 Å². The highest BCUT2D eigenvalue weighted by Gasteiger charge is 2.31. The third-order valence-corrected chi connectivity index (χ3v) is 8.09.